The first-order valence-corrected chi connectivity index (χ1v) is 10.4. The zero-order valence-electron chi connectivity index (χ0n) is 15.6. The molecule has 1 unspecified atom stereocenters. The zero-order chi connectivity index (χ0) is 20.4. The third-order valence-electron chi connectivity index (χ3n) is 5.16. The summed E-state index contributed by atoms with van der Waals surface area (Å²) in [7, 11) is 0. The van der Waals surface area contributed by atoms with Crippen molar-refractivity contribution in [2.45, 2.75) is 50.6 Å². The van der Waals surface area contributed by atoms with Crippen LogP contribution in [-0.2, 0) is 9.59 Å². The summed E-state index contributed by atoms with van der Waals surface area (Å²) in [6.07, 6.45) is 4.52. The van der Waals surface area contributed by atoms with E-state index in [2.05, 4.69) is 20.8 Å². The van der Waals surface area contributed by atoms with Gasteiger partial charge in [0.15, 0.2) is 5.01 Å². The van der Waals surface area contributed by atoms with Crippen LogP contribution in [0.5, 0.6) is 0 Å². The lowest BCUT2D eigenvalue weighted by molar-refractivity contribution is -0.131. The van der Waals surface area contributed by atoms with Gasteiger partial charge in [-0.1, -0.05) is 42.7 Å². The summed E-state index contributed by atoms with van der Waals surface area (Å²) in [5, 5.41) is 13.5. The molecule has 2 aromatic rings. The summed E-state index contributed by atoms with van der Waals surface area (Å²) >= 11 is 1.03. The lowest BCUT2D eigenvalue weighted by Crippen LogP contribution is -2.42. The molecule has 29 heavy (non-hydrogen) atoms. The van der Waals surface area contributed by atoms with E-state index in [-0.39, 0.29) is 23.5 Å². The second-order valence-corrected chi connectivity index (χ2v) is 8.12. The molecule has 2 fully saturated rings. The van der Waals surface area contributed by atoms with Crippen LogP contribution in [0.1, 0.15) is 38.5 Å². The van der Waals surface area contributed by atoms with Gasteiger partial charge in [-0.3, -0.25) is 14.5 Å². The first-order chi connectivity index (χ1) is 14.0. The normalized spacial score (nSPS) is 20.0. The molecule has 4 rings (SSSR count). The molecule has 2 N–H and O–H groups in total. The number of carbonyl (C=O) groups is 3. The summed E-state index contributed by atoms with van der Waals surface area (Å²) in [6.45, 7) is 0. The van der Waals surface area contributed by atoms with E-state index in [0.717, 1.165) is 43.4 Å². The van der Waals surface area contributed by atoms with E-state index in [1.807, 2.05) is 0 Å². The topological polar surface area (TPSA) is 104 Å². The smallest absolute Gasteiger partial charge is 0.325 e. The van der Waals surface area contributed by atoms with E-state index < -0.39 is 23.8 Å². The molecule has 1 atom stereocenters. The number of hydrogen-bond donors (Lipinski definition) is 2. The molecule has 0 radical (unpaired) electrons. The number of halogens is 1. The third kappa shape index (κ3) is 4.12. The van der Waals surface area contributed by atoms with E-state index in [1.165, 1.54) is 11.0 Å². The van der Waals surface area contributed by atoms with E-state index in [4.69, 9.17) is 0 Å². The Morgan fingerprint density at radius 2 is 1.97 bits per heavy atom. The maximum absolute atomic E-state index is 13.9. The van der Waals surface area contributed by atoms with Gasteiger partial charge in [0.25, 0.3) is 5.91 Å². The standard InChI is InChI=1S/C19H20FN5O3S/c20-13-9-5-4-8-12(13)16-23-24-18(29-16)22-15(26)10-14-17(27)25(19(28)21-14)11-6-2-1-3-7-11/h4-5,8-9,11,14H,1-3,6-7,10H2,(H,21,28)(H,22,24,26). The Morgan fingerprint density at radius 1 is 1.21 bits per heavy atom. The Hall–Kier alpha value is -2.88. The van der Waals surface area contributed by atoms with E-state index >= 15 is 0 Å². The minimum atomic E-state index is -0.886. The first kappa shape index (κ1) is 19.4. The Labute approximate surface area is 170 Å². The quantitative estimate of drug-likeness (QED) is 0.728. The molecule has 10 heteroatoms. The van der Waals surface area contributed by atoms with E-state index in [0.29, 0.717) is 10.6 Å². The summed E-state index contributed by atoms with van der Waals surface area (Å²) in [5.41, 5.74) is 0.298. The molecule has 1 aliphatic carbocycles. The number of urea groups is 1. The molecule has 2 aliphatic rings. The molecule has 1 aliphatic heterocycles. The van der Waals surface area contributed by atoms with Crippen molar-refractivity contribution >= 4 is 34.3 Å². The van der Waals surface area contributed by atoms with Crippen LogP contribution >= 0.6 is 11.3 Å². The second kappa shape index (κ2) is 8.24. The molecule has 0 spiro atoms. The van der Waals surface area contributed by atoms with Crippen LogP contribution in [-0.4, -0.2) is 45.0 Å². The summed E-state index contributed by atoms with van der Waals surface area (Å²) in [4.78, 5) is 38.5. The number of anilines is 1. The average molecular weight is 417 g/mol. The predicted molar refractivity (Wildman–Crippen MR) is 105 cm³/mol. The van der Waals surface area contributed by atoms with Crippen molar-refractivity contribution in [2.24, 2.45) is 0 Å². The number of nitrogens with zero attached hydrogens (tertiary/aromatic N) is 3. The third-order valence-corrected chi connectivity index (χ3v) is 6.03. The molecule has 1 saturated carbocycles. The number of nitrogens with one attached hydrogen (secondary N) is 2. The number of benzene rings is 1. The molecular formula is C19H20FN5O3S. The van der Waals surface area contributed by atoms with Gasteiger partial charge >= 0.3 is 6.03 Å². The van der Waals surface area contributed by atoms with Crippen LogP contribution in [0, 0.1) is 5.82 Å². The molecule has 2 heterocycles. The van der Waals surface area contributed by atoms with Crippen LogP contribution in [0.4, 0.5) is 14.3 Å². The van der Waals surface area contributed by atoms with Gasteiger partial charge in [-0.2, -0.15) is 0 Å². The Balaban J connectivity index is 1.37. The number of carbonyl (C=O) groups excluding carboxylic acids is 3. The minimum absolute atomic E-state index is 0.0872. The van der Waals surface area contributed by atoms with Crippen molar-refractivity contribution < 1.29 is 18.8 Å². The highest BCUT2D eigenvalue weighted by molar-refractivity contribution is 7.18. The number of rotatable bonds is 5. The van der Waals surface area contributed by atoms with Gasteiger partial charge in [0.2, 0.25) is 11.0 Å². The zero-order valence-corrected chi connectivity index (χ0v) is 16.4. The maximum atomic E-state index is 13.9. The van der Waals surface area contributed by atoms with Crippen LogP contribution in [0.2, 0.25) is 0 Å². The molecule has 8 nitrogen and oxygen atoms in total. The van der Waals surface area contributed by atoms with Crippen molar-refractivity contribution in [3.8, 4) is 10.6 Å². The van der Waals surface area contributed by atoms with Gasteiger partial charge in [0.05, 0.1) is 6.42 Å². The second-order valence-electron chi connectivity index (χ2n) is 7.15. The van der Waals surface area contributed by atoms with Crippen LogP contribution < -0.4 is 10.6 Å². The fourth-order valence-electron chi connectivity index (χ4n) is 3.74. The summed E-state index contributed by atoms with van der Waals surface area (Å²) in [6, 6.07) is 4.75. The Morgan fingerprint density at radius 3 is 2.72 bits per heavy atom. The van der Waals surface area contributed by atoms with Crippen molar-refractivity contribution in [1.29, 1.82) is 0 Å². The SMILES string of the molecule is O=C(CC1NC(=O)N(C2CCCCC2)C1=O)Nc1nnc(-c2ccccc2F)s1. The monoisotopic (exact) mass is 417 g/mol. The highest BCUT2D eigenvalue weighted by Gasteiger charge is 2.42. The Bertz CT molecular complexity index is 943. The molecule has 152 valence electrons. The maximum Gasteiger partial charge on any atom is 0.325 e. The van der Waals surface area contributed by atoms with Gasteiger partial charge in [-0.15, -0.1) is 10.2 Å². The number of hydrogen-bond acceptors (Lipinski definition) is 6. The number of amides is 4. The van der Waals surface area contributed by atoms with Crippen LogP contribution in [0.15, 0.2) is 24.3 Å². The van der Waals surface area contributed by atoms with Crippen molar-refractivity contribution in [1.82, 2.24) is 20.4 Å². The summed E-state index contributed by atoms with van der Waals surface area (Å²) in [5.74, 6) is -1.25. The summed E-state index contributed by atoms with van der Waals surface area (Å²) < 4.78 is 13.9. The molecule has 1 aromatic heterocycles. The van der Waals surface area contributed by atoms with Crippen LogP contribution in [0.3, 0.4) is 0 Å². The highest BCUT2D eigenvalue weighted by atomic mass is 32.1. The molecule has 4 amide bonds. The first-order valence-electron chi connectivity index (χ1n) is 9.55. The van der Waals surface area contributed by atoms with E-state index in [9.17, 15) is 18.8 Å². The van der Waals surface area contributed by atoms with Gasteiger partial charge < -0.3 is 10.6 Å². The molecule has 0 bridgehead atoms. The van der Waals surface area contributed by atoms with E-state index in [1.54, 1.807) is 18.2 Å². The fraction of sp³-hybridized carbons (Fsp3) is 0.421. The fourth-order valence-corrected chi connectivity index (χ4v) is 4.53. The number of imide groups is 1. The van der Waals surface area contributed by atoms with Crippen molar-refractivity contribution in [2.75, 3.05) is 5.32 Å². The largest absolute Gasteiger partial charge is 0.325 e. The lowest BCUT2D eigenvalue weighted by Gasteiger charge is -2.28. The average Bonchev–Trinajstić information content (AvgIpc) is 3.27. The molecular weight excluding hydrogens is 397 g/mol. The predicted octanol–water partition coefficient (Wildman–Crippen LogP) is 2.93. The molecule has 1 aromatic carbocycles. The van der Waals surface area contributed by atoms with Crippen molar-refractivity contribution in [3.63, 3.8) is 0 Å². The lowest BCUT2D eigenvalue weighted by atomic mass is 9.94. The number of aromatic nitrogens is 2. The highest BCUT2D eigenvalue weighted by Crippen LogP contribution is 2.29. The van der Waals surface area contributed by atoms with Gasteiger partial charge in [-0.05, 0) is 25.0 Å². The van der Waals surface area contributed by atoms with Crippen molar-refractivity contribution in [3.05, 3.63) is 30.1 Å². The van der Waals surface area contributed by atoms with Gasteiger partial charge in [0.1, 0.15) is 11.9 Å². The van der Waals surface area contributed by atoms with Gasteiger partial charge in [-0.25, -0.2) is 9.18 Å². The Kier molecular flexibility index (Phi) is 5.52. The minimum Gasteiger partial charge on any atom is -0.325 e. The molecule has 1 saturated heterocycles. The van der Waals surface area contributed by atoms with Crippen LogP contribution in [0.25, 0.3) is 10.6 Å². The van der Waals surface area contributed by atoms with Gasteiger partial charge in [0, 0.05) is 11.6 Å².